The average Bonchev–Trinajstić information content (AvgIpc) is 3.50. The molecule has 0 radical (unpaired) electrons. The van der Waals surface area contributed by atoms with Gasteiger partial charge < -0.3 is 10.2 Å². The van der Waals surface area contributed by atoms with Crippen LogP contribution in [-0.4, -0.2) is 66.2 Å². The van der Waals surface area contributed by atoms with E-state index in [1.165, 1.54) is 0 Å². The fourth-order valence-electron chi connectivity index (χ4n) is 5.64. The maximum absolute atomic E-state index is 13.5. The Morgan fingerprint density at radius 3 is 2.44 bits per heavy atom. The molecule has 0 aromatic heterocycles. The van der Waals surface area contributed by atoms with Crippen molar-refractivity contribution in [2.75, 3.05) is 18.1 Å². The minimum atomic E-state index is -3.18. The van der Waals surface area contributed by atoms with Gasteiger partial charge in [0.2, 0.25) is 5.91 Å². The summed E-state index contributed by atoms with van der Waals surface area (Å²) < 4.78 is 24.2. The van der Waals surface area contributed by atoms with Crippen molar-refractivity contribution < 1.29 is 22.8 Å². The number of amides is 4. The normalized spacial score (nSPS) is 26.9. The van der Waals surface area contributed by atoms with Crippen molar-refractivity contribution in [3.05, 3.63) is 48.0 Å². The lowest BCUT2D eigenvalue weighted by atomic mass is 9.90. The maximum Gasteiger partial charge on any atom is 0.325 e. The Hall–Kier alpha value is -2.94. The highest BCUT2D eigenvalue weighted by molar-refractivity contribution is 7.91. The van der Waals surface area contributed by atoms with Gasteiger partial charge in [0.05, 0.1) is 11.5 Å². The minimum Gasteiger partial charge on any atom is -0.334 e. The zero-order valence-corrected chi connectivity index (χ0v) is 20.0. The number of hydrogen-bond acceptors (Lipinski definition) is 5. The van der Waals surface area contributed by atoms with Crippen LogP contribution in [0.1, 0.15) is 44.6 Å². The molecule has 2 aliphatic heterocycles. The standard InChI is InChI=1S/C25H29N3O5S/c1-25(19-11-10-17-6-2-3-7-18(17)14-19)23(30)27(24(31)26-25)15-22(29)28(20-8-4-5-9-20)21-12-13-34(32,33)16-21/h2-3,6-7,10-11,14,20-21H,4-5,8-9,12-13,15-16H2,1H3,(H,26,31). The minimum absolute atomic E-state index is 0.0431. The topological polar surface area (TPSA) is 104 Å². The number of nitrogens with one attached hydrogen (secondary N) is 1. The predicted molar refractivity (Wildman–Crippen MR) is 128 cm³/mol. The van der Waals surface area contributed by atoms with Gasteiger partial charge in [-0.2, -0.15) is 0 Å². The van der Waals surface area contributed by atoms with E-state index < -0.39 is 33.4 Å². The smallest absolute Gasteiger partial charge is 0.325 e. The number of nitrogens with zero attached hydrogens (tertiary/aromatic N) is 2. The molecule has 1 saturated carbocycles. The Morgan fingerprint density at radius 1 is 1.06 bits per heavy atom. The van der Waals surface area contributed by atoms with Crippen LogP contribution in [0.25, 0.3) is 10.8 Å². The summed E-state index contributed by atoms with van der Waals surface area (Å²) in [5.74, 6) is -0.826. The number of benzene rings is 2. The van der Waals surface area contributed by atoms with Crippen LogP contribution >= 0.6 is 0 Å². The van der Waals surface area contributed by atoms with Crippen LogP contribution < -0.4 is 5.32 Å². The van der Waals surface area contributed by atoms with Crippen LogP contribution in [0, 0.1) is 0 Å². The highest BCUT2D eigenvalue weighted by Crippen LogP contribution is 2.33. The van der Waals surface area contributed by atoms with Gasteiger partial charge in [-0.3, -0.25) is 14.5 Å². The molecule has 3 aliphatic rings. The van der Waals surface area contributed by atoms with Crippen molar-refractivity contribution >= 4 is 38.5 Å². The first-order valence-electron chi connectivity index (χ1n) is 11.8. The molecule has 2 aromatic carbocycles. The zero-order chi connectivity index (χ0) is 24.1. The number of carbonyl (C=O) groups is 3. The number of urea groups is 1. The van der Waals surface area contributed by atoms with E-state index in [4.69, 9.17) is 0 Å². The van der Waals surface area contributed by atoms with Crippen LogP contribution in [0.5, 0.6) is 0 Å². The van der Waals surface area contributed by atoms with Gasteiger partial charge >= 0.3 is 6.03 Å². The molecule has 2 aromatic rings. The molecule has 5 rings (SSSR count). The fourth-order valence-corrected chi connectivity index (χ4v) is 7.35. The van der Waals surface area contributed by atoms with Crippen molar-refractivity contribution in [1.29, 1.82) is 0 Å². The van der Waals surface area contributed by atoms with Gasteiger partial charge in [0.15, 0.2) is 9.84 Å². The molecule has 1 aliphatic carbocycles. The molecule has 9 heteroatoms. The molecular weight excluding hydrogens is 454 g/mol. The third-order valence-electron chi connectivity index (χ3n) is 7.50. The quantitative estimate of drug-likeness (QED) is 0.659. The molecule has 1 N–H and O–H groups in total. The Morgan fingerprint density at radius 2 is 1.76 bits per heavy atom. The molecule has 0 bridgehead atoms. The fraction of sp³-hybridized carbons (Fsp3) is 0.480. The number of fused-ring (bicyclic) bond motifs is 1. The van der Waals surface area contributed by atoms with E-state index >= 15 is 0 Å². The van der Waals surface area contributed by atoms with E-state index in [-0.39, 0.29) is 30.0 Å². The SMILES string of the molecule is CC1(c2ccc3ccccc3c2)NC(=O)N(CC(=O)N(C2CCCC2)C2CCS(=O)(=O)C2)C1=O. The summed E-state index contributed by atoms with van der Waals surface area (Å²) in [4.78, 5) is 42.4. The zero-order valence-electron chi connectivity index (χ0n) is 19.2. The third kappa shape index (κ3) is 3.96. The lowest BCUT2D eigenvalue weighted by molar-refractivity contribution is -0.141. The maximum atomic E-state index is 13.5. The highest BCUT2D eigenvalue weighted by atomic mass is 32.2. The Kier molecular flexibility index (Phi) is 5.62. The lowest BCUT2D eigenvalue weighted by Crippen LogP contribution is -2.51. The second-order valence-electron chi connectivity index (χ2n) is 9.80. The van der Waals surface area contributed by atoms with Crippen LogP contribution in [0.4, 0.5) is 4.79 Å². The molecule has 180 valence electrons. The molecule has 4 amide bonds. The van der Waals surface area contributed by atoms with E-state index in [9.17, 15) is 22.8 Å². The highest BCUT2D eigenvalue weighted by Gasteiger charge is 2.50. The number of sulfone groups is 1. The molecule has 2 heterocycles. The van der Waals surface area contributed by atoms with E-state index in [1.807, 2.05) is 42.5 Å². The number of rotatable bonds is 5. The van der Waals surface area contributed by atoms with Crippen LogP contribution in [0.2, 0.25) is 0 Å². The average molecular weight is 484 g/mol. The largest absolute Gasteiger partial charge is 0.334 e. The van der Waals surface area contributed by atoms with Crippen molar-refractivity contribution in [3.63, 3.8) is 0 Å². The van der Waals surface area contributed by atoms with Gasteiger partial charge in [0, 0.05) is 12.1 Å². The van der Waals surface area contributed by atoms with Gasteiger partial charge in [-0.05, 0) is 48.6 Å². The summed E-state index contributed by atoms with van der Waals surface area (Å²) in [6, 6.07) is 12.3. The molecule has 2 unspecified atom stereocenters. The van der Waals surface area contributed by atoms with Crippen molar-refractivity contribution in [2.45, 2.75) is 56.7 Å². The van der Waals surface area contributed by atoms with E-state index in [1.54, 1.807) is 11.8 Å². The molecular formula is C25H29N3O5S. The second kappa shape index (κ2) is 8.37. The summed E-state index contributed by atoms with van der Waals surface area (Å²) in [7, 11) is -3.18. The molecule has 8 nitrogen and oxygen atoms in total. The van der Waals surface area contributed by atoms with E-state index in [2.05, 4.69) is 5.32 Å². The Labute approximate surface area is 199 Å². The summed E-state index contributed by atoms with van der Waals surface area (Å²) >= 11 is 0. The van der Waals surface area contributed by atoms with Gasteiger partial charge in [0.25, 0.3) is 5.91 Å². The van der Waals surface area contributed by atoms with Crippen molar-refractivity contribution in [3.8, 4) is 0 Å². The van der Waals surface area contributed by atoms with E-state index in [0.717, 1.165) is 41.4 Å². The summed E-state index contributed by atoms with van der Waals surface area (Å²) in [6.07, 6.45) is 4.00. The van der Waals surface area contributed by atoms with Gasteiger partial charge in [-0.1, -0.05) is 49.2 Å². The Balaban J connectivity index is 1.39. The summed E-state index contributed by atoms with van der Waals surface area (Å²) in [5, 5.41) is 4.76. The first-order chi connectivity index (χ1) is 16.2. The van der Waals surface area contributed by atoms with Crippen LogP contribution in [0.15, 0.2) is 42.5 Å². The number of carbonyl (C=O) groups excluding carboxylic acids is 3. The van der Waals surface area contributed by atoms with Crippen molar-refractivity contribution in [1.82, 2.24) is 15.1 Å². The molecule has 3 fully saturated rings. The number of hydrogen-bond donors (Lipinski definition) is 1. The third-order valence-corrected chi connectivity index (χ3v) is 9.25. The molecule has 34 heavy (non-hydrogen) atoms. The summed E-state index contributed by atoms with van der Waals surface area (Å²) in [5.41, 5.74) is -0.634. The van der Waals surface area contributed by atoms with Gasteiger partial charge in [-0.25, -0.2) is 13.2 Å². The first-order valence-corrected chi connectivity index (χ1v) is 13.6. The Bertz CT molecular complexity index is 1270. The molecule has 2 saturated heterocycles. The van der Waals surface area contributed by atoms with Crippen molar-refractivity contribution in [2.24, 2.45) is 0 Å². The first kappa shape index (κ1) is 22.8. The van der Waals surface area contributed by atoms with Crippen LogP contribution in [-0.2, 0) is 25.0 Å². The van der Waals surface area contributed by atoms with Gasteiger partial charge in [-0.15, -0.1) is 0 Å². The van der Waals surface area contributed by atoms with Gasteiger partial charge in [0.1, 0.15) is 12.1 Å². The number of imide groups is 1. The molecule has 0 spiro atoms. The monoisotopic (exact) mass is 483 g/mol. The molecule has 2 atom stereocenters. The lowest BCUT2D eigenvalue weighted by Gasteiger charge is -2.35. The second-order valence-corrected chi connectivity index (χ2v) is 12.0. The van der Waals surface area contributed by atoms with Crippen LogP contribution in [0.3, 0.4) is 0 Å². The van der Waals surface area contributed by atoms with E-state index in [0.29, 0.717) is 12.0 Å². The summed E-state index contributed by atoms with van der Waals surface area (Å²) in [6.45, 7) is 1.26. The predicted octanol–water partition coefficient (Wildman–Crippen LogP) is 2.57.